The Bertz CT molecular complexity index is 771. The van der Waals surface area contributed by atoms with Crippen LogP contribution in [-0.2, 0) is 0 Å². The first-order valence-electron chi connectivity index (χ1n) is 5.92. The van der Waals surface area contributed by atoms with Gasteiger partial charge in [0.05, 0.1) is 0 Å². The third-order valence-corrected chi connectivity index (χ3v) is 2.82. The molecule has 0 aliphatic carbocycles. The van der Waals surface area contributed by atoms with Crippen molar-refractivity contribution in [3.05, 3.63) is 54.4 Å². The highest BCUT2D eigenvalue weighted by atomic mass is 15.4. The van der Waals surface area contributed by atoms with Crippen molar-refractivity contribution < 1.29 is 0 Å². The molecule has 0 aliphatic heterocycles. The summed E-state index contributed by atoms with van der Waals surface area (Å²) in [5.41, 5.74) is 7.66. The van der Waals surface area contributed by atoms with Crippen molar-refractivity contribution in [2.75, 3.05) is 5.73 Å². The molecule has 0 amide bonds. The first-order chi connectivity index (χ1) is 9.81. The van der Waals surface area contributed by atoms with E-state index in [4.69, 9.17) is 5.73 Å². The molecule has 2 N–H and O–H groups in total. The van der Waals surface area contributed by atoms with Crippen LogP contribution < -0.4 is 5.73 Å². The Morgan fingerprint density at radius 3 is 2.40 bits per heavy atom. The third-order valence-electron chi connectivity index (χ3n) is 2.82. The van der Waals surface area contributed by atoms with E-state index in [0.29, 0.717) is 17.2 Å². The molecule has 2 aromatic heterocycles. The van der Waals surface area contributed by atoms with Crippen LogP contribution >= 0.6 is 0 Å². The minimum atomic E-state index is 0.234. The van der Waals surface area contributed by atoms with Crippen LogP contribution in [0, 0.1) is 11.3 Å². The molecule has 0 aliphatic rings. The van der Waals surface area contributed by atoms with E-state index in [1.165, 1.54) is 4.68 Å². The molecule has 0 atom stereocenters. The van der Waals surface area contributed by atoms with Crippen molar-refractivity contribution in [2.24, 2.45) is 0 Å². The van der Waals surface area contributed by atoms with Gasteiger partial charge in [0.1, 0.15) is 23.1 Å². The maximum atomic E-state index is 9.30. The molecule has 3 aromatic rings. The number of benzene rings is 1. The molecule has 0 saturated heterocycles. The predicted octanol–water partition coefficient (Wildman–Crippen LogP) is 1.78. The summed E-state index contributed by atoms with van der Waals surface area (Å²) in [5, 5.41) is 13.7. The molecule has 6 heteroatoms. The van der Waals surface area contributed by atoms with E-state index in [-0.39, 0.29) is 5.82 Å². The number of nitrogens with zero attached hydrogens (tertiary/aromatic N) is 5. The van der Waals surface area contributed by atoms with Crippen LogP contribution in [0.2, 0.25) is 0 Å². The molecule has 3 rings (SSSR count). The van der Waals surface area contributed by atoms with E-state index in [1.54, 1.807) is 18.5 Å². The fraction of sp³-hybridized carbons (Fsp3) is 0. The Morgan fingerprint density at radius 1 is 1.05 bits per heavy atom. The molecule has 20 heavy (non-hydrogen) atoms. The summed E-state index contributed by atoms with van der Waals surface area (Å²) in [6, 6.07) is 13.2. The Kier molecular flexibility index (Phi) is 2.86. The highest BCUT2D eigenvalue weighted by Crippen LogP contribution is 2.27. The second-order valence-electron chi connectivity index (χ2n) is 4.05. The lowest BCUT2D eigenvalue weighted by atomic mass is 10.1. The summed E-state index contributed by atoms with van der Waals surface area (Å²) in [6.07, 6.45) is 3.19. The smallest absolute Gasteiger partial charge is 0.252 e. The number of anilines is 1. The van der Waals surface area contributed by atoms with Gasteiger partial charge in [-0.2, -0.15) is 15.0 Å². The van der Waals surface area contributed by atoms with E-state index in [0.717, 1.165) is 5.56 Å². The first kappa shape index (κ1) is 11.9. The maximum Gasteiger partial charge on any atom is 0.252 e. The van der Waals surface area contributed by atoms with Crippen LogP contribution in [0.5, 0.6) is 0 Å². The fourth-order valence-corrected chi connectivity index (χ4v) is 1.89. The van der Waals surface area contributed by atoms with E-state index < -0.39 is 0 Å². The van der Waals surface area contributed by atoms with Gasteiger partial charge in [0.15, 0.2) is 0 Å². The first-order valence-corrected chi connectivity index (χ1v) is 5.92. The van der Waals surface area contributed by atoms with Crippen molar-refractivity contribution in [3.63, 3.8) is 0 Å². The number of nitriles is 1. The fourth-order valence-electron chi connectivity index (χ4n) is 1.89. The molecule has 0 radical (unpaired) electrons. The average Bonchev–Trinajstić information content (AvgIpc) is 2.86. The standard InChI is InChI=1S/C14H10N6/c15-9-11-12(10-5-2-1-3-6-10)19-20(13(11)16)14-17-7-4-8-18-14/h1-8H,16H2. The van der Waals surface area contributed by atoms with Gasteiger partial charge in [-0.25, -0.2) is 9.97 Å². The Labute approximate surface area is 115 Å². The number of nitrogens with two attached hydrogens (primary N) is 1. The van der Waals surface area contributed by atoms with Crippen molar-refractivity contribution in [1.29, 1.82) is 5.26 Å². The zero-order valence-electron chi connectivity index (χ0n) is 10.4. The van der Waals surface area contributed by atoms with Gasteiger partial charge >= 0.3 is 0 Å². The number of rotatable bonds is 2. The molecule has 2 heterocycles. The van der Waals surface area contributed by atoms with Gasteiger partial charge < -0.3 is 5.73 Å². The SMILES string of the molecule is N#Cc1c(-c2ccccc2)nn(-c2ncccn2)c1N. The van der Waals surface area contributed by atoms with Crippen molar-refractivity contribution >= 4 is 5.82 Å². The highest BCUT2D eigenvalue weighted by Gasteiger charge is 2.18. The second kappa shape index (κ2) is 4.82. The average molecular weight is 262 g/mol. The van der Waals surface area contributed by atoms with Gasteiger partial charge in [0, 0.05) is 18.0 Å². The van der Waals surface area contributed by atoms with Gasteiger partial charge in [-0.3, -0.25) is 0 Å². The Balaban J connectivity index is 2.22. The summed E-state index contributed by atoms with van der Waals surface area (Å²) in [5.74, 6) is 0.571. The van der Waals surface area contributed by atoms with Crippen molar-refractivity contribution in [3.8, 4) is 23.3 Å². The number of hydrogen-bond donors (Lipinski definition) is 1. The molecule has 96 valence electrons. The van der Waals surface area contributed by atoms with Crippen molar-refractivity contribution in [1.82, 2.24) is 19.7 Å². The quantitative estimate of drug-likeness (QED) is 0.759. The molecule has 0 bridgehead atoms. The topological polar surface area (TPSA) is 93.4 Å². The predicted molar refractivity (Wildman–Crippen MR) is 73.7 cm³/mol. The van der Waals surface area contributed by atoms with Crippen molar-refractivity contribution in [2.45, 2.75) is 0 Å². The lowest BCUT2D eigenvalue weighted by Gasteiger charge is -1.99. The summed E-state index contributed by atoms with van der Waals surface area (Å²) in [4.78, 5) is 8.18. The largest absolute Gasteiger partial charge is 0.382 e. The molecule has 0 saturated carbocycles. The van der Waals surface area contributed by atoms with E-state index in [1.807, 2.05) is 30.3 Å². The van der Waals surface area contributed by atoms with Gasteiger partial charge in [-0.15, -0.1) is 0 Å². The summed E-state index contributed by atoms with van der Waals surface area (Å²) in [7, 11) is 0. The monoisotopic (exact) mass is 262 g/mol. The van der Waals surface area contributed by atoms with Crippen LogP contribution in [0.4, 0.5) is 5.82 Å². The van der Waals surface area contributed by atoms with E-state index in [9.17, 15) is 5.26 Å². The number of nitrogen functional groups attached to an aromatic ring is 1. The van der Waals surface area contributed by atoms with Gasteiger partial charge in [-0.05, 0) is 6.07 Å². The summed E-state index contributed by atoms with van der Waals surface area (Å²) in [6.45, 7) is 0. The van der Waals surface area contributed by atoms with Crippen LogP contribution in [0.15, 0.2) is 48.8 Å². The van der Waals surface area contributed by atoms with Crippen LogP contribution in [0.25, 0.3) is 17.2 Å². The minimum Gasteiger partial charge on any atom is -0.382 e. The minimum absolute atomic E-state index is 0.234. The van der Waals surface area contributed by atoms with Crippen LogP contribution in [-0.4, -0.2) is 19.7 Å². The lowest BCUT2D eigenvalue weighted by molar-refractivity contribution is 0.820. The molecule has 0 spiro atoms. The molecule has 0 unspecified atom stereocenters. The van der Waals surface area contributed by atoms with Crippen LogP contribution in [0.1, 0.15) is 5.56 Å². The Morgan fingerprint density at radius 2 is 1.75 bits per heavy atom. The molecule has 1 aromatic carbocycles. The van der Waals surface area contributed by atoms with Crippen LogP contribution in [0.3, 0.4) is 0 Å². The van der Waals surface area contributed by atoms with Gasteiger partial charge in [-0.1, -0.05) is 30.3 Å². The molecular formula is C14H10N6. The summed E-state index contributed by atoms with van der Waals surface area (Å²) >= 11 is 0. The highest BCUT2D eigenvalue weighted by molar-refractivity contribution is 5.73. The molecule has 0 fully saturated rings. The lowest BCUT2D eigenvalue weighted by Crippen LogP contribution is -2.06. The van der Waals surface area contributed by atoms with Gasteiger partial charge in [0.2, 0.25) is 0 Å². The maximum absolute atomic E-state index is 9.30. The number of aromatic nitrogens is 4. The molecule has 6 nitrogen and oxygen atoms in total. The summed E-state index contributed by atoms with van der Waals surface area (Å²) < 4.78 is 1.38. The Hall–Kier alpha value is -3.20. The zero-order valence-corrected chi connectivity index (χ0v) is 10.4. The zero-order chi connectivity index (χ0) is 13.9. The van der Waals surface area contributed by atoms with E-state index in [2.05, 4.69) is 21.1 Å². The molecular weight excluding hydrogens is 252 g/mol. The number of hydrogen-bond acceptors (Lipinski definition) is 5. The van der Waals surface area contributed by atoms with E-state index >= 15 is 0 Å². The second-order valence-corrected chi connectivity index (χ2v) is 4.05. The van der Waals surface area contributed by atoms with Gasteiger partial charge in [0.25, 0.3) is 5.95 Å². The third kappa shape index (κ3) is 1.87. The normalized spacial score (nSPS) is 10.2.